The number of hydrogen-bond acceptors (Lipinski definition) is 5. The van der Waals surface area contributed by atoms with E-state index in [2.05, 4.69) is 6.92 Å². The highest BCUT2D eigenvalue weighted by atomic mass is 16.7. The number of carbonyl (C=O) groups is 2. The molecular formula is C22H34O5. The number of methoxy groups -OCH3 is 1. The predicted molar refractivity (Wildman–Crippen MR) is 104 cm³/mol. The van der Waals surface area contributed by atoms with E-state index in [-0.39, 0.29) is 42.4 Å². The maximum atomic E-state index is 12.5. The molecule has 0 aromatic rings. The van der Waals surface area contributed by atoms with Gasteiger partial charge in [0.15, 0.2) is 5.78 Å². The Morgan fingerprint density at radius 3 is 2.56 bits per heavy atom. The molecule has 1 fully saturated rings. The Bertz CT molecular complexity index is 643. The zero-order valence-electron chi connectivity index (χ0n) is 17.8. The van der Waals surface area contributed by atoms with Crippen LogP contribution in [-0.2, 0) is 23.8 Å². The zero-order valence-corrected chi connectivity index (χ0v) is 17.8. The van der Waals surface area contributed by atoms with Gasteiger partial charge in [-0.3, -0.25) is 4.79 Å². The molecule has 0 aromatic carbocycles. The molecule has 0 radical (unpaired) electrons. The van der Waals surface area contributed by atoms with E-state index in [1.54, 1.807) is 20.1 Å². The third-order valence-electron chi connectivity index (χ3n) is 6.39. The number of ketones is 1. The van der Waals surface area contributed by atoms with Crippen LogP contribution in [0.2, 0.25) is 0 Å². The van der Waals surface area contributed by atoms with Crippen LogP contribution >= 0.6 is 0 Å². The van der Waals surface area contributed by atoms with Crippen molar-refractivity contribution in [1.82, 2.24) is 0 Å². The van der Waals surface area contributed by atoms with E-state index in [1.165, 1.54) is 5.57 Å². The molecular weight excluding hydrogens is 344 g/mol. The summed E-state index contributed by atoms with van der Waals surface area (Å²) in [5.74, 6) is 0.426. The lowest BCUT2D eigenvalue weighted by Gasteiger charge is -2.38. The van der Waals surface area contributed by atoms with Gasteiger partial charge in [0.05, 0.1) is 5.60 Å². The second-order valence-corrected chi connectivity index (χ2v) is 8.48. The molecule has 0 bridgehead atoms. The highest BCUT2D eigenvalue weighted by Gasteiger charge is 2.47. The van der Waals surface area contributed by atoms with Crippen LogP contribution < -0.4 is 0 Å². The Morgan fingerprint density at radius 2 is 1.96 bits per heavy atom. The first kappa shape index (κ1) is 21.8. The molecule has 4 atom stereocenters. The van der Waals surface area contributed by atoms with E-state index in [0.29, 0.717) is 18.4 Å². The van der Waals surface area contributed by atoms with Crippen LogP contribution in [-0.4, -0.2) is 37.4 Å². The Hall–Kier alpha value is -1.46. The Morgan fingerprint density at radius 1 is 1.30 bits per heavy atom. The van der Waals surface area contributed by atoms with Crippen LogP contribution in [0, 0.1) is 17.8 Å². The van der Waals surface area contributed by atoms with Gasteiger partial charge in [-0.05, 0) is 64.9 Å². The van der Waals surface area contributed by atoms with Gasteiger partial charge in [0.1, 0.15) is 12.9 Å². The normalized spacial score (nSPS) is 29.6. The molecule has 27 heavy (non-hydrogen) atoms. The smallest absolute Gasteiger partial charge is 0.333 e. The van der Waals surface area contributed by atoms with Gasteiger partial charge in [-0.2, -0.15) is 0 Å². The maximum Gasteiger partial charge on any atom is 0.333 e. The first-order valence-corrected chi connectivity index (χ1v) is 9.82. The second-order valence-electron chi connectivity index (χ2n) is 8.48. The van der Waals surface area contributed by atoms with Gasteiger partial charge in [-0.15, -0.1) is 0 Å². The van der Waals surface area contributed by atoms with E-state index in [4.69, 9.17) is 14.2 Å². The number of hydrogen-bond donors (Lipinski definition) is 0. The summed E-state index contributed by atoms with van der Waals surface area (Å²) in [5, 5.41) is 0. The number of esters is 1. The lowest BCUT2D eigenvalue weighted by Crippen LogP contribution is -2.44. The minimum absolute atomic E-state index is 0.0513. The number of rotatable bonds is 6. The van der Waals surface area contributed by atoms with Gasteiger partial charge < -0.3 is 14.2 Å². The fourth-order valence-corrected chi connectivity index (χ4v) is 4.34. The van der Waals surface area contributed by atoms with E-state index < -0.39 is 5.60 Å². The zero-order chi connectivity index (χ0) is 20.4. The van der Waals surface area contributed by atoms with Crippen molar-refractivity contribution in [3.8, 4) is 0 Å². The molecule has 0 aliphatic heterocycles. The summed E-state index contributed by atoms with van der Waals surface area (Å²) in [6, 6.07) is 0. The molecule has 0 saturated heterocycles. The van der Waals surface area contributed by atoms with Crippen LogP contribution in [0.4, 0.5) is 0 Å². The van der Waals surface area contributed by atoms with Crippen LogP contribution in [0.25, 0.3) is 0 Å². The van der Waals surface area contributed by atoms with Gasteiger partial charge in [0.25, 0.3) is 0 Å². The first-order chi connectivity index (χ1) is 12.6. The number of carbonyl (C=O) groups excluding carboxylic acids is 2. The topological polar surface area (TPSA) is 61.8 Å². The highest BCUT2D eigenvalue weighted by molar-refractivity contribution is 5.98. The minimum atomic E-state index is -0.557. The number of allylic oxidation sites excluding steroid dienone is 3. The molecule has 2 aliphatic rings. The van der Waals surface area contributed by atoms with Crippen molar-refractivity contribution in [2.45, 2.75) is 72.5 Å². The van der Waals surface area contributed by atoms with Crippen molar-refractivity contribution >= 4 is 11.8 Å². The fraction of sp³-hybridized carbons (Fsp3) is 0.727. The molecule has 2 rings (SSSR count). The molecule has 0 aromatic heterocycles. The van der Waals surface area contributed by atoms with Crippen molar-refractivity contribution in [3.05, 3.63) is 22.8 Å². The molecule has 2 aliphatic carbocycles. The number of fused-ring (bicyclic) bond motifs is 1. The van der Waals surface area contributed by atoms with E-state index >= 15 is 0 Å². The Kier molecular flexibility index (Phi) is 7.03. The third kappa shape index (κ3) is 4.69. The molecule has 0 amide bonds. The number of ether oxygens (including phenoxy) is 3. The van der Waals surface area contributed by atoms with E-state index in [9.17, 15) is 9.59 Å². The first-order valence-electron chi connectivity index (χ1n) is 9.82. The van der Waals surface area contributed by atoms with Crippen molar-refractivity contribution in [1.29, 1.82) is 0 Å². The Labute approximate surface area is 163 Å². The summed E-state index contributed by atoms with van der Waals surface area (Å²) >= 11 is 0. The quantitative estimate of drug-likeness (QED) is 0.393. The molecule has 0 N–H and O–H groups in total. The van der Waals surface area contributed by atoms with Crippen LogP contribution in [0.1, 0.15) is 60.8 Å². The molecule has 0 heterocycles. The van der Waals surface area contributed by atoms with Crippen molar-refractivity contribution in [2.75, 3.05) is 13.9 Å². The molecule has 5 heteroatoms. The molecule has 1 saturated carbocycles. The monoisotopic (exact) mass is 378 g/mol. The van der Waals surface area contributed by atoms with Crippen LogP contribution in [0.15, 0.2) is 22.8 Å². The van der Waals surface area contributed by atoms with E-state index in [1.807, 2.05) is 27.7 Å². The summed E-state index contributed by atoms with van der Waals surface area (Å²) in [6.45, 7) is 11.9. The van der Waals surface area contributed by atoms with Crippen LogP contribution in [0.5, 0.6) is 0 Å². The average molecular weight is 379 g/mol. The summed E-state index contributed by atoms with van der Waals surface area (Å²) in [6.07, 6.45) is 3.50. The average Bonchev–Trinajstić information content (AvgIpc) is 2.82. The lowest BCUT2D eigenvalue weighted by atomic mass is 9.80. The maximum absolute atomic E-state index is 12.5. The fourth-order valence-electron chi connectivity index (χ4n) is 4.34. The van der Waals surface area contributed by atoms with E-state index in [0.717, 1.165) is 12.0 Å². The van der Waals surface area contributed by atoms with Crippen molar-refractivity contribution in [2.24, 2.45) is 17.8 Å². The van der Waals surface area contributed by atoms with Gasteiger partial charge in [-0.25, -0.2) is 4.79 Å². The molecule has 0 spiro atoms. The van der Waals surface area contributed by atoms with Gasteiger partial charge >= 0.3 is 5.97 Å². The van der Waals surface area contributed by atoms with Gasteiger partial charge in [0.2, 0.25) is 0 Å². The second kappa shape index (κ2) is 8.70. The summed E-state index contributed by atoms with van der Waals surface area (Å²) in [5.41, 5.74) is 2.15. The standard InChI is InChI=1S/C22H34O5/c1-8-13(2)21(24)27-20-9-14(3)16-11-19(23)15(4)17(16)10-18(20)22(5,6)26-12-25-7/h8,14,16,18,20H,9-12H2,1-7H3/b13-8-. The van der Waals surface area contributed by atoms with Crippen molar-refractivity contribution < 1.29 is 23.8 Å². The highest BCUT2D eigenvalue weighted by Crippen LogP contribution is 2.47. The number of Topliss-reactive ketones (excluding diaryl/α,β-unsaturated/α-hetero) is 1. The SMILES string of the molecule is C/C=C(/C)C(=O)OC1CC(C)C2CC(=O)C(C)=C2CC1C(C)(C)OCOC. The predicted octanol–water partition coefficient (Wildman–Crippen LogP) is 4.22. The summed E-state index contributed by atoms with van der Waals surface area (Å²) < 4.78 is 17.1. The molecule has 5 nitrogen and oxygen atoms in total. The van der Waals surface area contributed by atoms with Crippen LogP contribution in [0.3, 0.4) is 0 Å². The van der Waals surface area contributed by atoms with Crippen molar-refractivity contribution in [3.63, 3.8) is 0 Å². The Balaban J connectivity index is 2.39. The van der Waals surface area contributed by atoms with Gasteiger partial charge in [0, 0.05) is 25.0 Å². The molecule has 4 unspecified atom stereocenters. The minimum Gasteiger partial charge on any atom is -0.459 e. The van der Waals surface area contributed by atoms with Gasteiger partial charge in [-0.1, -0.05) is 18.6 Å². The third-order valence-corrected chi connectivity index (χ3v) is 6.39. The summed E-state index contributed by atoms with van der Waals surface area (Å²) in [4.78, 5) is 24.8. The lowest BCUT2D eigenvalue weighted by molar-refractivity contribution is -0.173. The molecule has 152 valence electrons. The summed E-state index contributed by atoms with van der Waals surface area (Å²) in [7, 11) is 1.59. The largest absolute Gasteiger partial charge is 0.459 e.